The van der Waals surface area contributed by atoms with Crippen molar-refractivity contribution in [3.8, 4) is 0 Å². The second-order valence-corrected chi connectivity index (χ2v) is 9.66. The normalized spacial score (nSPS) is 15.8. The molecule has 0 bridgehead atoms. The molecule has 0 spiro atoms. The third-order valence-electron chi connectivity index (χ3n) is 5.57. The number of nitrogens with two attached hydrogens (primary N) is 2. The van der Waals surface area contributed by atoms with Crippen molar-refractivity contribution in [2.75, 3.05) is 18.6 Å². The van der Waals surface area contributed by atoms with Gasteiger partial charge in [-0.2, -0.15) is 11.8 Å². The van der Waals surface area contributed by atoms with Gasteiger partial charge in [0, 0.05) is 0 Å². The number of carbonyl (C=O) groups excluding carboxylic acids is 3. The summed E-state index contributed by atoms with van der Waals surface area (Å²) >= 11 is 1.58. The van der Waals surface area contributed by atoms with Gasteiger partial charge in [-0.1, -0.05) is 34.1 Å². The van der Waals surface area contributed by atoms with E-state index in [9.17, 15) is 24.3 Å². The molecule has 5 atom stereocenters. The minimum atomic E-state index is -1.14. The summed E-state index contributed by atoms with van der Waals surface area (Å²) in [5, 5.41) is 17.4. The number of carboxylic acid groups (broad SMARTS) is 1. The van der Waals surface area contributed by atoms with Gasteiger partial charge in [-0.25, -0.2) is 4.79 Å². The first-order valence-electron chi connectivity index (χ1n) is 11.6. The summed E-state index contributed by atoms with van der Waals surface area (Å²) in [6.07, 6.45) is 4.49. The molecule has 5 unspecified atom stereocenters. The van der Waals surface area contributed by atoms with E-state index in [2.05, 4.69) is 16.0 Å². The van der Waals surface area contributed by atoms with Crippen LogP contribution in [0.15, 0.2) is 0 Å². The maximum Gasteiger partial charge on any atom is 0.326 e. The zero-order valence-corrected chi connectivity index (χ0v) is 21.4. The summed E-state index contributed by atoms with van der Waals surface area (Å²) in [5.74, 6) is -2.41. The number of rotatable bonds is 17. The van der Waals surface area contributed by atoms with Crippen molar-refractivity contribution < 1.29 is 24.3 Å². The van der Waals surface area contributed by atoms with Gasteiger partial charge in [0.05, 0.1) is 6.04 Å². The number of thioether (sulfide) groups is 1. The highest BCUT2D eigenvalue weighted by atomic mass is 32.2. The molecule has 3 amide bonds. The van der Waals surface area contributed by atoms with E-state index in [1.807, 2.05) is 20.1 Å². The fourth-order valence-electron chi connectivity index (χ4n) is 3.13. The maximum absolute atomic E-state index is 13.1. The summed E-state index contributed by atoms with van der Waals surface area (Å²) < 4.78 is 0. The van der Waals surface area contributed by atoms with Crippen LogP contribution in [-0.4, -0.2) is 71.5 Å². The summed E-state index contributed by atoms with van der Waals surface area (Å²) in [4.78, 5) is 50.0. The Morgan fingerprint density at radius 3 is 1.97 bits per heavy atom. The molecular weight excluding hydrogens is 446 g/mol. The predicted molar refractivity (Wildman–Crippen MR) is 132 cm³/mol. The van der Waals surface area contributed by atoms with Gasteiger partial charge in [-0.15, -0.1) is 0 Å². The Hall–Kier alpha value is -1.85. The van der Waals surface area contributed by atoms with Gasteiger partial charge in [0.1, 0.15) is 18.1 Å². The van der Waals surface area contributed by atoms with E-state index in [1.165, 1.54) is 0 Å². The van der Waals surface area contributed by atoms with Crippen LogP contribution in [-0.2, 0) is 19.2 Å². The first-order valence-corrected chi connectivity index (χ1v) is 13.0. The van der Waals surface area contributed by atoms with Crippen LogP contribution in [0.25, 0.3) is 0 Å². The van der Waals surface area contributed by atoms with Crippen molar-refractivity contribution in [3.63, 3.8) is 0 Å². The van der Waals surface area contributed by atoms with Crippen molar-refractivity contribution in [2.24, 2.45) is 23.3 Å². The van der Waals surface area contributed by atoms with E-state index in [-0.39, 0.29) is 18.3 Å². The Labute approximate surface area is 201 Å². The van der Waals surface area contributed by atoms with Gasteiger partial charge in [-0.05, 0) is 56.1 Å². The van der Waals surface area contributed by atoms with Crippen LogP contribution in [0.1, 0.15) is 59.8 Å². The fraction of sp³-hybridized carbons (Fsp3) is 0.818. The molecule has 0 aliphatic rings. The van der Waals surface area contributed by atoms with Gasteiger partial charge in [0.15, 0.2) is 0 Å². The highest BCUT2D eigenvalue weighted by Crippen LogP contribution is 2.12. The molecule has 0 saturated carbocycles. The summed E-state index contributed by atoms with van der Waals surface area (Å²) in [7, 11) is 0. The quantitative estimate of drug-likeness (QED) is 0.159. The number of nitrogens with one attached hydrogen (secondary N) is 3. The number of carboxylic acids is 1. The number of hydrogen-bond donors (Lipinski definition) is 6. The topological polar surface area (TPSA) is 177 Å². The van der Waals surface area contributed by atoms with E-state index in [0.29, 0.717) is 32.2 Å². The maximum atomic E-state index is 13.1. The monoisotopic (exact) mass is 489 g/mol. The molecule has 0 aliphatic heterocycles. The molecule has 0 saturated heterocycles. The molecule has 10 nitrogen and oxygen atoms in total. The van der Waals surface area contributed by atoms with Gasteiger partial charge in [0.25, 0.3) is 0 Å². The molecule has 11 heteroatoms. The average molecular weight is 490 g/mol. The molecule has 0 heterocycles. The summed E-state index contributed by atoms with van der Waals surface area (Å²) in [5.41, 5.74) is 11.4. The summed E-state index contributed by atoms with van der Waals surface area (Å²) in [6.45, 7) is 7.68. The van der Waals surface area contributed by atoms with E-state index < -0.39 is 47.9 Å². The zero-order valence-electron chi connectivity index (χ0n) is 20.6. The number of unbranched alkanes of at least 4 members (excludes halogenated alkanes) is 1. The fourth-order valence-corrected chi connectivity index (χ4v) is 3.62. The number of carbonyl (C=O) groups is 4. The van der Waals surface area contributed by atoms with Crippen molar-refractivity contribution >= 4 is 35.5 Å². The molecule has 192 valence electrons. The zero-order chi connectivity index (χ0) is 25.6. The van der Waals surface area contributed by atoms with Crippen LogP contribution in [0.5, 0.6) is 0 Å². The number of hydrogen-bond acceptors (Lipinski definition) is 7. The Kier molecular flexibility index (Phi) is 15.8. The molecule has 0 rings (SSSR count). The molecular formula is C22H43N5O5S. The van der Waals surface area contributed by atoms with Crippen LogP contribution in [0, 0.1) is 11.8 Å². The molecule has 0 radical (unpaired) electrons. The first kappa shape index (κ1) is 31.1. The molecule has 0 aromatic carbocycles. The predicted octanol–water partition coefficient (Wildman–Crippen LogP) is 0.437. The lowest BCUT2D eigenvalue weighted by Gasteiger charge is -2.29. The highest BCUT2D eigenvalue weighted by Gasteiger charge is 2.33. The number of aliphatic carboxylic acids is 1. The molecule has 0 fully saturated rings. The van der Waals surface area contributed by atoms with Crippen molar-refractivity contribution in [3.05, 3.63) is 0 Å². The third kappa shape index (κ3) is 11.7. The van der Waals surface area contributed by atoms with Crippen LogP contribution in [0.3, 0.4) is 0 Å². The van der Waals surface area contributed by atoms with Crippen LogP contribution >= 0.6 is 11.8 Å². The lowest BCUT2D eigenvalue weighted by atomic mass is 9.96. The van der Waals surface area contributed by atoms with E-state index in [4.69, 9.17) is 11.5 Å². The van der Waals surface area contributed by atoms with Crippen LogP contribution in [0.2, 0.25) is 0 Å². The SMILES string of the molecule is CCC(C)C(NC(=O)C(N)CCSC)C(=O)NC(C(=O)NC(CCCCN)C(=O)O)C(C)C. The molecule has 33 heavy (non-hydrogen) atoms. The lowest BCUT2D eigenvalue weighted by molar-refractivity contribution is -0.143. The Morgan fingerprint density at radius 1 is 0.909 bits per heavy atom. The van der Waals surface area contributed by atoms with Crippen LogP contribution in [0.4, 0.5) is 0 Å². The van der Waals surface area contributed by atoms with Crippen molar-refractivity contribution in [1.82, 2.24) is 16.0 Å². The molecule has 0 aromatic rings. The van der Waals surface area contributed by atoms with Gasteiger partial charge in [0.2, 0.25) is 17.7 Å². The Bertz CT molecular complexity index is 634. The van der Waals surface area contributed by atoms with Crippen LogP contribution < -0.4 is 27.4 Å². The van der Waals surface area contributed by atoms with Gasteiger partial charge < -0.3 is 32.5 Å². The standard InChI is InChI=1S/C22H43N5O5S/c1-6-14(4)18(27-19(28)15(24)10-12-33-5)21(30)26-17(13(2)3)20(29)25-16(22(31)32)9-7-8-11-23/h13-18H,6-12,23-24H2,1-5H3,(H,25,29)(H,26,30)(H,27,28)(H,31,32). The smallest absolute Gasteiger partial charge is 0.326 e. The molecule has 8 N–H and O–H groups in total. The second-order valence-electron chi connectivity index (χ2n) is 8.67. The lowest BCUT2D eigenvalue weighted by Crippen LogP contribution is -2.59. The average Bonchev–Trinajstić information content (AvgIpc) is 2.77. The number of amides is 3. The molecule has 0 aromatic heterocycles. The highest BCUT2D eigenvalue weighted by molar-refractivity contribution is 7.98. The second kappa shape index (κ2) is 16.7. The van der Waals surface area contributed by atoms with E-state index >= 15 is 0 Å². The largest absolute Gasteiger partial charge is 0.480 e. The van der Waals surface area contributed by atoms with Gasteiger partial charge >= 0.3 is 5.97 Å². The molecule has 0 aliphatic carbocycles. The summed E-state index contributed by atoms with van der Waals surface area (Å²) in [6, 6.07) is -3.62. The Morgan fingerprint density at radius 2 is 1.48 bits per heavy atom. The van der Waals surface area contributed by atoms with Crippen molar-refractivity contribution in [2.45, 2.75) is 84.0 Å². The Balaban J connectivity index is 5.36. The first-order chi connectivity index (χ1) is 15.5. The minimum absolute atomic E-state index is 0.194. The minimum Gasteiger partial charge on any atom is -0.480 e. The third-order valence-corrected chi connectivity index (χ3v) is 6.22. The van der Waals surface area contributed by atoms with E-state index in [0.717, 1.165) is 5.75 Å². The van der Waals surface area contributed by atoms with Crippen molar-refractivity contribution in [1.29, 1.82) is 0 Å². The van der Waals surface area contributed by atoms with Gasteiger partial charge in [-0.3, -0.25) is 14.4 Å². The van der Waals surface area contributed by atoms with E-state index in [1.54, 1.807) is 25.6 Å².